The summed E-state index contributed by atoms with van der Waals surface area (Å²) in [6, 6.07) is 0. The second-order valence-electron chi connectivity index (χ2n) is 4.90. The van der Waals surface area contributed by atoms with Gasteiger partial charge in [-0.3, -0.25) is 9.79 Å². The highest BCUT2D eigenvalue weighted by molar-refractivity contribution is 5.83. The number of amides is 1. The maximum atomic E-state index is 11.1. The molecule has 0 radical (unpaired) electrons. The van der Waals surface area contributed by atoms with Crippen molar-refractivity contribution in [3.8, 4) is 0 Å². The van der Waals surface area contributed by atoms with Crippen molar-refractivity contribution in [2.75, 3.05) is 65.9 Å². The molecule has 0 bridgehead atoms. The van der Waals surface area contributed by atoms with Crippen LogP contribution in [0.15, 0.2) is 4.99 Å². The van der Waals surface area contributed by atoms with Crippen LogP contribution >= 0.6 is 0 Å². The van der Waals surface area contributed by atoms with E-state index >= 15 is 0 Å². The summed E-state index contributed by atoms with van der Waals surface area (Å²) in [7, 11) is 0. The van der Waals surface area contributed by atoms with Crippen LogP contribution < -0.4 is 5.32 Å². The molecule has 0 saturated carbocycles. The van der Waals surface area contributed by atoms with Crippen molar-refractivity contribution >= 4 is 11.6 Å². The molecule has 0 fully saturated rings. The Hall–Kier alpha value is -1.02. The van der Waals surface area contributed by atoms with E-state index in [0.717, 1.165) is 18.7 Å². The lowest BCUT2D eigenvalue weighted by Gasteiger charge is -2.06. The van der Waals surface area contributed by atoms with Crippen LogP contribution in [-0.4, -0.2) is 77.6 Å². The molecule has 0 aliphatic carbocycles. The Kier molecular flexibility index (Phi) is 16.6. The number of likely N-dealkylation sites (N-methyl/N-ethyl adjacent to an activating group) is 1. The molecule has 0 atom stereocenters. The molecule has 23 heavy (non-hydrogen) atoms. The second kappa shape index (κ2) is 17.3. The van der Waals surface area contributed by atoms with Crippen molar-refractivity contribution in [3.63, 3.8) is 0 Å². The van der Waals surface area contributed by atoms with E-state index in [1.54, 1.807) is 0 Å². The number of aliphatic imine (C=N–C) groups is 1. The van der Waals surface area contributed by atoms with Crippen molar-refractivity contribution in [1.82, 2.24) is 5.32 Å². The molecule has 7 heteroatoms. The van der Waals surface area contributed by atoms with Gasteiger partial charge < -0.3 is 24.3 Å². The Morgan fingerprint density at radius 2 is 1.48 bits per heavy atom. The molecule has 0 rings (SSSR count). The first-order chi connectivity index (χ1) is 11.2. The summed E-state index contributed by atoms with van der Waals surface area (Å²) in [4.78, 5) is 15.4. The Bertz CT molecular complexity index is 311. The van der Waals surface area contributed by atoms with Gasteiger partial charge in [-0.05, 0) is 20.3 Å². The molecule has 0 heterocycles. The van der Waals surface area contributed by atoms with Crippen LogP contribution in [-0.2, 0) is 23.7 Å². The Balaban J connectivity index is 3.33. The average molecular weight is 332 g/mol. The first kappa shape index (κ1) is 22.0. The van der Waals surface area contributed by atoms with Crippen LogP contribution in [0.25, 0.3) is 0 Å². The molecule has 7 nitrogen and oxygen atoms in total. The molecule has 0 spiro atoms. The van der Waals surface area contributed by atoms with Gasteiger partial charge in [-0.15, -0.1) is 0 Å². The monoisotopic (exact) mass is 332 g/mol. The lowest BCUT2D eigenvalue weighted by Crippen LogP contribution is -2.27. The second-order valence-corrected chi connectivity index (χ2v) is 4.90. The van der Waals surface area contributed by atoms with E-state index in [2.05, 4.69) is 17.2 Å². The number of hydrogen-bond acceptors (Lipinski definition) is 6. The van der Waals surface area contributed by atoms with Gasteiger partial charge in [0.15, 0.2) is 0 Å². The Labute approximate surface area is 139 Å². The molecule has 0 aromatic rings. The van der Waals surface area contributed by atoms with Crippen molar-refractivity contribution in [2.24, 2.45) is 4.99 Å². The first-order valence-electron chi connectivity index (χ1n) is 8.28. The number of nitrogens with one attached hydrogen (secondary N) is 1. The third kappa shape index (κ3) is 17.2. The average Bonchev–Trinajstić information content (AvgIpc) is 2.53. The van der Waals surface area contributed by atoms with E-state index in [-0.39, 0.29) is 12.5 Å². The molecule has 136 valence electrons. The minimum Gasteiger partial charge on any atom is -0.379 e. The molecule has 0 aromatic carbocycles. The number of ether oxygens (including phenoxy) is 4. The van der Waals surface area contributed by atoms with E-state index in [4.69, 9.17) is 18.9 Å². The predicted molar refractivity (Wildman–Crippen MR) is 90.2 cm³/mol. The molecular formula is C16H32N2O5. The largest absolute Gasteiger partial charge is 0.379 e. The van der Waals surface area contributed by atoms with Gasteiger partial charge in [0.1, 0.15) is 6.61 Å². The number of carbonyl (C=O) groups excluding carboxylic acids is 1. The van der Waals surface area contributed by atoms with Gasteiger partial charge in [0.25, 0.3) is 0 Å². The van der Waals surface area contributed by atoms with Crippen molar-refractivity contribution < 1.29 is 23.7 Å². The summed E-state index contributed by atoms with van der Waals surface area (Å²) in [6.07, 6.45) is 1.03. The molecule has 0 aliphatic heterocycles. The third-order valence-corrected chi connectivity index (χ3v) is 2.63. The normalized spacial score (nSPS) is 11.7. The first-order valence-corrected chi connectivity index (χ1v) is 8.28. The van der Waals surface area contributed by atoms with Gasteiger partial charge in [-0.2, -0.15) is 0 Å². The topological polar surface area (TPSA) is 78.4 Å². The maximum Gasteiger partial charge on any atom is 0.245 e. The SMILES string of the molecule is CCCOCCOCC(C)=NCCOCCOCC(=O)NCC. The van der Waals surface area contributed by atoms with E-state index < -0.39 is 0 Å². The Morgan fingerprint density at radius 3 is 2.13 bits per heavy atom. The summed E-state index contributed by atoms with van der Waals surface area (Å²) in [5.41, 5.74) is 0.941. The van der Waals surface area contributed by atoms with Crippen LogP contribution in [0.3, 0.4) is 0 Å². The minimum absolute atomic E-state index is 0.0772. The quantitative estimate of drug-likeness (QED) is 0.338. The lowest BCUT2D eigenvalue weighted by molar-refractivity contribution is -0.126. The van der Waals surface area contributed by atoms with Crippen LogP contribution in [0.1, 0.15) is 27.2 Å². The van der Waals surface area contributed by atoms with Crippen molar-refractivity contribution in [2.45, 2.75) is 27.2 Å². The molecule has 0 saturated heterocycles. The highest BCUT2D eigenvalue weighted by Crippen LogP contribution is 1.86. The highest BCUT2D eigenvalue weighted by Gasteiger charge is 1.98. The third-order valence-electron chi connectivity index (χ3n) is 2.63. The van der Waals surface area contributed by atoms with Gasteiger partial charge in [-0.1, -0.05) is 6.92 Å². The Morgan fingerprint density at radius 1 is 0.870 bits per heavy atom. The molecule has 1 amide bonds. The number of hydrogen-bond donors (Lipinski definition) is 1. The van der Waals surface area contributed by atoms with E-state index in [9.17, 15) is 4.79 Å². The number of rotatable bonds is 16. The zero-order chi connectivity index (χ0) is 17.2. The molecule has 0 aliphatic rings. The standard InChI is InChI=1S/C16H32N2O5/c1-4-7-20-9-11-22-13-15(3)18-6-8-21-10-12-23-14-16(19)17-5-2/h4-14H2,1-3H3,(H,17,19). The minimum atomic E-state index is -0.104. The van der Waals surface area contributed by atoms with E-state index in [1.165, 1.54) is 0 Å². The summed E-state index contributed by atoms with van der Waals surface area (Å²) >= 11 is 0. The summed E-state index contributed by atoms with van der Waals surface area (Å²) in [5.74, 6) is -0.104. The number of carbonyl (C=O) groups is 1. The predicted octanol–water partition coefficient (Wildman–Crippen LogP) is 1.06. The summed E-state index contributed by atoms with van der Waals surface area (Å²) in [5, 5.41) is 2.66. The summed E-state index contributed by atoms with van der Waals surface area (Å²) in [6.45, 7) is 11.1. The van der Waals surface area contributed by atoms with Crippen molar-refractivity contribution in [1.29, 1.82) is 0 Å². The van der Waals surface area contributed by atoms with Crippen LogP contribution in [0.2, 0.25) is 0 Å². The molecule has 1 N–H and O–H groups in total. The van der Waals surface area contributed by atoms with Crippen LogP contribution in [0, 0.1) is 0 Å². The van der Waals surface area contributed by atoms with Gasteiger partial charge in [0.05, 0.1) is 46.2 Å². The fourth-order valence-corrected chi connectivity index (χ4v) is 1.56. The van der Waals surface area contributed by atoms with Gasteiger partial charge in [-0.25, -0.2) is 0 Å². The fraction of sp³-hybridized carbons (Fsp3) is 0.875. The molecule has 0 aromatic heterocycles. The molecular weight excluding hydrogens is 300 g/mol. The zero-order valence-corrected chi connectivity index (χ0v) is 14.8. The lowest BCUT2D eigenvalue weighted by atomic mass is 10.4. The maximum absolute atomic E-state index is 11.1. The summed E-state index contributed by atoms with van der Waals surface area (Å²) < 4.78 is 21.3. The van der Waals surface area contributed by atoms with Crippen LogP contribution in [0.5, 0.6) is 0 Å². The van der Waals surface area contributed by atoms with E-state index in [0.29, 0.717) is 52.7 Å². The van der Waals surface area contributed by atoms with Gasteiger partial charge >= 0.3 is 0 Å². The fourth-order valence-electron chi connectivity index (χ4n) is 1.56. The zero-order valence-electron chi connectivity index (χ0n) is 14.8. The van der Waals surface area contributed by atoms with Gasteiger partial charge in [0, 0.05) is 18.9 Å². The number of nitrogens with zero attached hydrogens (tertiary/aromatic N) is 1. The highest BCUT2D eigenvalue weighted by atomic mass is 16.5. The van der Waals surface area contributed by atoms with Crippen molar-refractivity contribution in [3.05, 3.63) is 0 Å². The van der Waals surface area contributed by atoms with E-state index in [1.807, 2.05) is 13.8 Å². The van der Waals surface area contributed by atoms with Crippen LogP contribution in [0.4, 0.5) is 0 Å². The van der Waals surface area contributed by atoms with Gasteiger partial charge in [0.2, 0.25) is 5.91 Å². The smallest absolute Gasteiger partial charge is 0.245 e. The molecule has 0 unspecified atom stereocenters.